The van der Waals surface area contributed by atoms with Gasteiger partial charge in [0.1, 0.15) is 0 Å². The monoisotopic (exact) mass is 306 g/mol. The van der Waals surface area contributed by atoms with Crippen LogP contribution in [0.1, 0.15) is 23.7 Å². The lowest BCUT2D eigenvalue weighted by molar-refractivity contribution is -0.117. The zero-order chi connectivity index (χ0) is 15.8. The van der Waals surface area contributed by atoms with Crippen LogP contribution in [0, 0.1) is 0 Å². The summed E-state index contributed by atoms with van der Waals surface area (Å²) in [6.45, 7) is 5.09. The van der Waals surface area contributed by atoms with Crippen LogP contribution in [0.4, 0.5) is 5.69 Å². The van der Waals surface area contributed by atoms with Crippen molar-refractivity contribution in [1.29, 1.82) is 0 Å². The number of nitrogens with zero attached hydrogens (tertiary/aromatic N) is 1. The lowest BCUT2D eigenvalue weighted by Gasteiger charge is -2.27. The normalized spacial score (nSPS) is 14.7. The van der Waals surface area contributed by atoms with Crippen LogP contribution in [-0.4, -0.2) is 56.2 Å². The molecule has 0 unspecified atom stereocenters. The van der Waals surface area contributed by atoms with Crippen LogP contribution in [0.3, 0.4) is 0 Å². The second kappa shape index (κ2) is 8.51. The maximum Gasteiger partial charge on any atom is 0.256 e. The Morgan fingerprint density at radius 1 is 1.27 bits per heavy atom. The number of nitrogens with one attached hydrogen (secondary N) is 1. The van der Waals surface area contributed by atoms with E-state index < -0.39 is 0 Å². The third kappa shape index (κ3) is 4.54. The van der Waals surface area contributed by atoms with Gasteiger partial charge in [-0.3, -0.25) is 9.59 Å². The van der Waals surface area contributed by atoms with Gasteiger partial charge in [-0.25, -0.2) is 0 Å². The van der Waals surface area contributed by atoms with Crippen LogP contribution >= 0.6 is 0 Å². The molecular weight excluding hydrogens is 284 g/mol. The van der Waals surface area contributed by atoms with Gasteiger partial charge >= 0.3 is 0 Å². The number of para-hydroxylation sites is 1. The molecule has 1 N–H and O–H groups in total. The minimum absolute atomic E-state index is 0.0796. The lowest BCUT2D eigenvalue weighted by atomic mass is 10.1. The molecule has 6 nitrogen and oxygen atoms in total. The molecular formula is C16H22N2O4. The van der Waals surface area contributed by atoms with Crippen molar-refractivity contribution in [2.75, 3.05) is 44.8 Å². The summed E-state index contributed by atoms with van der Waals surface area (Å²) >= 11 is 0. The number of ether oxygens (including phenoxy) is 2. The zero-order valence-electron chi connectivity index (χ0n) is 12.8. The number of rotatable bonds is 6. The molecule has 120 valence electrons. The standard InChI is InChI=1S/C16H22N2O4/c1-2-21-10-7-15(19)17-14-6-4-3-5-13(14)16(20)18-8-11-22-12-9-18/h3-6H,2,7-12H2,1H3,(H,17,19). The molecule has 1 aromatic carbocycles. The fourth-order valence-electron chi connectivity index (χ4n) is 2.24. The van der Waals surface area contributed by atoms with Gasteiger partial charge in [-0.15, -0.1) is 0 Å². The lowest BCUT2D eigenvalue weighted by Crippen LogP contribution is -2.41. The van der Waals surface area contributed by atoms with Gasteiger partial charge in [0.2, 0.25) is 5.91 Å². The van der Waals surface area contributed by atoms with Crippen LogP contribution in [0.2, 0.25) is 0 Å². The van der Waals surface area contributed by atoms with Gasteiger partial charge in [-0.2, -0.15) is 0 Å². The summed E-state index contributed by atoms with van der Waals surface area (Å²) in [7, 11) is 0. The second-order valence-corrected chi connectivity index (χ2v) is 4.95. The number of amides is 2. The predicted molar refractivity (Wildman–Crippen MR) is 82.9 cm³/mol. The summed E-state index contributed by atoms with van der Waals surface area (Å²) in [5.41, 5.74) is 1.05. The number of anilines is 1. The molecule has 0 saturated carbocycles. The molecule has 2 amide bonds. The first kappa shape index (κ1) is 16.5. The maximum absolute atomic E-state index is 12.6. The predicted octanol–water partition coefficient (Wildman–Crippen LogP) is 1.52. The Morgan fingerprint density at radius 2 is 2.00 bits per heavy atom. The highest BCUT2D eigenvalue weighted by Crippen LogP contribution is 2.18. The Morgan fingerprint density at radius 3 is 2.73 bits per heavy atom. The van der Waals surface area contributed by atoms with Gasteiger partial charge in [0.15, 0.2) is 0 Å². The zero-order valence-corrected chi connectivity index (χ0v) is 12.8. The molecule has 2 rings (SSSR count). The van der Waals surface area contributed by atoms with Gasteiger partial charge in [0, 0.05) is 19.7 Å². The van der Waals surface area contributed by atoms with Crippen LogP contribution in [0.15, 0.2) is 24.3 Å². The Labute approximate surface area is 130 Å². The summed E-state index contributed by atoms with van der Waals surface area (Å²) in [6.07, 6.45) is 0.272. The third-order valence-electron chi connectivity index (χ3n) is 3.41. The highest BCUT2D eigenvalue weighted by Gasteiger charge is 2.21. The molecule has 0 spiro atoms. The Bertz CT molecular complexity index is 513. The molecule has 1 heterocycles. The molecule has 22 heavy (non-hydrogen) atoms. The minimum Gasteiger partial charge on any atom is -0.381 e. The molecule has 0 aromatic heterocycles. The average Bonchev–Trinajstić information content (AvgIpc) is 2.56. The number of hydrogen-bond donors (Lipinski definition) is 1. The van der Waals surface area contributed by atoms with E-state index in [-0.39, 0.29) is 18.2 Å². The van der Waals surface area contributed by atoms with E-state index in [1.807, 2.05) is 6.92 Å². The summed E-state index contributed by atoms with van der Waals surface area (Å²) in [5, 5.41) is 2.79. The molecule has 1 aliphatic heterocycles. The van der Waals surface area contributed by atoms with E-state index in [1.54, 1.807) is 29.2 Å². The van der Waals surface area contributed by atoms with Gasteiger partial charge < -0.3 is 19.7 Å². The van der Waals surface area contributed by atoms with Crippen molar-refractivity contribution >= 4 is 17.5 Å². The van der Waals surface area contributed by atoms with E-state index in [4.69, 9.17) is 9.47 Å². The molecule has 1 aromatic rings. The first-order chi connectivity index (χ1) is 10.7. The third-order valence-corrected chi connectivity index (χ3v) is 3.41. The molecule has 0 atom stereocenters. The second-order valence-electron chi connectivity index (χ2n) is 4.95. The van der Waals surface area contributed by atoms with Crippen molar-refractivity contribution in [2.24, 2.45) is 0 Å². The molecule has 6 heteroatoms. The van der Waals surface area contributed by atoms with E-state index in [0.717, 1.165) is 0 Å². The topological polar surface area (TPSA) is 67.9 Å². The highest BCUT2D eigenvalue weighted by atomic mass is 16.5. The Kier molecular flexibility index (Phi) is 6.36. The van der Waals surface area contributed by atoms with E-state index in [2.05, 4.69) is 5.32 Å². The SMILES string of the molecule is CCOCCC(=O)Nc1ccccc1C(=O)N1CCOCC1. The summed E-state index contributed by atoms with van der Waals surface area (Å²) in [4.78, 5) is 26.2. The van der Waals surface area contributed by atoms with Gasteiger partial charge in [0.05, 0.1) is 37.5 Å². The van der Waals surface area contributed by atoms with E-state index in [0.29, 0.717) is 50.8 Å². The number of hydrogen-bond acceptors (Lipinski definition) is 4. The Balaban J connectivity index is 2.02. The largest absolute Gasteiger partial charge is 0.381 e. The van der Waals surface area contributed by atoms with Crippen molar-refractivity contribution < 1.29 is 19.1 Å². The van der Waals surface area contributed by atoms with Gasteiger partial charge in [-0.05, 0) is 19.1 Å². The molecule has 0 radical (unpaired) electrons. The molecule has 0 aliphatic carbocycles. The minimum atomic E-state index is -0.157. The fraction of sp³-hybridized carbons (Fsp3) is 0.500. The van der Waals surface area contributed by atoms with Crippen LogP contribution < -0.4 is 5.32 Å². The summed E-state index contributed by atoms with van der Waals surface area (Å²) in [6, 6.07) is 7.07. The highest BCUT2D eigenvalue weighted by molar-refractivity contribution is 6.03. The van der Waals surface area contributed by atoms with Gasteiger partial charge in [0.25, 0.3) is 5.91 Å². The number of morpholine rings is 1. The number of carbonyl (C=O) groups is 2. The Hall–Kier alpha value is -1.92. The van der Waals surface area contributed by atoms with Crippen molar-refractivity contribution in [3.05, 3.63) is 29.8 Å². The molecule has 1 saturated heterocycles. The van der Waals surface area contributed by atoms with Crippen LogP contribution in [-0.2, 0) is 14.3 Å². The van der Waals surface area contributed by atoms with Crippen LogP contribution in [0.5, 0.6) is 0 Å². The maximum atomic E-state index is 12.6. The number of carbonyl (C=O) groups excluding carboxylic acids is 2. The molecule has 1 aliphatic rings. The fourth-order valence-corrected chi connectivity index (χ4v) is 2.24. The van der Waals surface area contributed by atoms with Crippen molar-refractivity contribution in [3.63, 3.8) is 0 Å². The van der Waals surface area contributed by atoms with E-state index >= 15 is 0 Å². The molecule has 0 bridgehead atoms. The first-order valence-corrected chi connectivity index (χ1v) is 7.56. The van der Waals surface area contributed by atoms with Crippen LogP contribution in [0.25, 0.3) is 0 Å². The van der Waals surface area contributed by atoms with Crippen molar-refractivity contribution in [2.45, 2.75) is 13.3 Å². The first-order valence-electron chi connectivity index (χ1n) is 7.56. The number of benzene rings is 1. The summed E-state index contributed by atoms with van der Waals surface area (Å²) < 4.78 is 10.4. The molecule has 1 fully saturated rings. The van der Waals surface area contributed by atoms with Crippen molar-refractivity contribution in [3.8, 4) is 0 Å². The van der Waals surface area contributed by atoms with Crippen molar-refractivity contribution in [1.82, 2.24) is 4.90 Å². The quantitative estimate of drug-likeness (QED) is 0.809. The van der Waals surface area contributed by atoms with Gasteiger partial charge in [-0.1, -0.05) is 12.1 Å². The average molecular weight is 306 g/mol. The summed E-state index contributed by atoms with van der Waals surface area (Å²) in [5.74, 6) is -0.236. The van der Waals surface area contributed by atoms with E-state index in [1.165, 1.54) is 0 Å². The van der Waals surface area contributed by atoms with E-state index in [9.17, 15) is 9.59 Å². The smallest absolute Gasteiger partial charge is 0.256 e.